The van der Waals surface area contributed by atoms with Crippen LogP contribution in [0.4, 0.5) is 0 Å². The van der Waals surface area contributed by atoms with Crippen LogP contribution >= 0.6 is 0 Å². The predicted octanol–water partition coefficient (Wildman–Crippen LogP) is 3.40. The van der Waals surface area contributed by atoms with Gasteiger partial charge in [-0.05, 0) is 36.8 Å². The Morgan fingerprint density at radius 1 is 1.00 bits per heavy atom. The van der Waals surface area contributed by atoms with E-state index in [0.29, 0.717) is 17.1 Å². The second-order valence-corrected chi connectivity index (χ2v) is 6.93. The maximum absolute atomic E-state index is 11.5. The van der Waals surface area contributed by atoms with E-state index >= 15 is 0 Å². The van der Waals surface area contributed by atoms with Crippen LogP contribution in [-0.4, -0.2) is 28.6 Å². The highest BCUT2D eigenvalue weighted by Crippen LogP contribution is 2.30. The van der Waals surface area contributed by atoms with Crippen LogP contribution < -0.4 is 0 Å². The molecule has 3 rings (SSSR count). The van der Waals surface area contributed by atoms with Gasteiger partial charge in [0.1, 0.15) is 0 Å². The van der Waals surface area contributed by atoms with Gasteiger partial charge in [0, 0.05) is 11.4 Å². The van der Waals surface area contributed by atoms with Crippen molar-refractivity contribution in [3.63, 3.8) is 0 Å². The van der Waals surface area contributed by atoms with Crippen molar-refractivity contribution >= 4 is 16.1 Å². The van der Waals surface area contributed by atoms with Gasteiger partial charge in [-0.15, -0.1) is 0 Å². The van der Waals surface area contributed by atoms with Crippen molar-refractivity contribution in [1.82, 2.24) is 4.57 Å². The molecule has 1 heterocycles. The first-order valence-corrected chi connectivity index (χ1v) is 8.82. The van der Waals surface area contributed by atoms with E-state index in [9.17, 15) is 22.9 Å². The molecule has 0 amide bonds. The lowest BCUT2D eigenvalue weighted by Gasteiger charge is -2.13. The van der Waals surface area contributed by atoms with E-state index in [1.807, 2.05) is 30.3 Å². The third-order valence-electron chi connectivity index (χ3n) is 3.92. The lowest BCUT2D eigenvalue weighted by molar-refractivity contribution is 0.0696. The summed E-state index contributed by atoms with van der Waals surface area (Å²) < 4.78 is 33.8. The van der Waals surface area contributed by atoms with E-state index in [1.165, 1.54) is 18.2 Å². The Hall–Kier alpha value is -2.90. The first kappa shape index (κ1) is 16.9. The van der Waals surface area contributed by atoms with E-state index in [0.717, 1.165) is 5.56 Å². The number of nitrogens with zero attached hydrogens (tertiary/aromatic N) is 1. The van der Waals surface area contributed by atoms with Crippen LogP contribution in [-0.2, 0) is 10.1 Å². The fraction of sp³-hybridized carbons (Fsp3) is 0.0556. The SMILES string of the molecule is Cc1c(C(=O)O)cc(-c2ccccc2)n1-c1cccc(S(=O)(=O)O)c1. The van der Waals surface area contributed by atoms with Crippen LogP contribution in [0.5, 0.6) is 0 Å². The van der Waals surface area contributed by atoms with Crippen LogP contribution in [0.2, 0.25) is 0 Å². The van der Waals surface area contributed by atoms with Gasteiger partial charge in [-0.1, -0.05) is 36.4 Å². The molecule has 0 bridgehead atoms. The molecule has 0 saturated heterocycles. The third kappa shape index (κ3) is 3.19. The molecular formula is C18H15NO5S. The third-order valence-corrected chi connectivity index (χ3v) is 4.77. The van der Waals surface area contributed by atoms with E-state index in [1.54, 1.807) is 23.6 Å². The number of hydrogen-bond donors (Lipinski definition) is 2. The molecule has 0 atom stereocenters. The van der Waals surface area contributed by atoms with Crippen LogP contribution in [0.15, 0.2) is 65.6 Å². The van der Waals surface area contributed by atoms with Gasteiger partial charge in [0.2, 0.25) is 0 Å². The topological polar surface area (TPSA) is 96.6 Å². The number of hydrogen-bond acceptors (Lipinski definition) is 3. The smallest absolute Gasteiger partial charge is 0.337 e. The molecule has 6 nitrogen and oxygen atoms in total. The zero-order valence-electron chi connectivity index (χ0n) is 13.2. The summed E-state index contributed by atoms with van der Waals surface area (Å²) in [5.74, 6) is -1.07. The highest BCUT2D eigenvalue weighted by atomic mass is 32.2. The van der Waals surface area contributed by atoms with Crippen LogP contribution in [0.1, 0.15) is 16.1 Å². The lowest BCUT2D eigenvalue weighted by Crippen LogP contribution is -2.04. The molecule has 0 spiro atoms. The zero-order valence-corrected chi connectivity index (χ0v) is 14.1. The van der Waals surface area contributed by atoms with Crippen molar-refractivity contribution in [1.29, 1.82) is 0 Å². The highest BCUT2D eigenvalue weighted by molar-refractivity contribution is 7.85. The molecule has 0 unspecified atom stereocenters. The minimum atomic E-state index is -4.36. The average Bonchev–Trinajstić information content (AvgIpc) is 2.92. The molecule has 7 heteroatoms. The molecule has 25 heavy (non-hydrogen) atoms. The van der Waals surface area contributed by atoms with Crippen molar-refractivity contribution in [2.45, 2.75) is 11.8 Å². The van der Waals surface area contributed by atoms with Gasteiger partial charge in [0.15, 0.2) is 0 Å². The molecule has 1 aromatic heterocycles. The number of carboxylic acids is 1. The second kappa shape index (κ2) is 6.19. The fourth-order valence-electron chi connectivity index (χ4n) is 2.76. The number of carbonyl (C=O) groups is 1. The zero-order chi connectivity index (χ0) is 18.2. The Morgan fingerprint density at radius 2 is 1.68 bits per heavy atom. The van der Waals surface area contributed by atoms with Crippen LogP contribution in [0.25, 0.3) is 16.9 Å². The molecule has 3 aromatic rings. The number of aromatic nitrogens is 1. The van der Waals surface area contributed by atoms with E-state index < -0.39 is 16.1 Å². The number of rotatable bonds is 4. The Labute approximate surface area is 144 Å². The average molecular weight is 357 g/mol. The summed E-state index contributed by atoms with van der Waals surface area (Å²) in [6.07, 6.45) is 0. The molecule has 0 fully saturated rings. The molecular weight excluding hydrogens is 342 g/mol. The highest BCUT2D eigenvalue weighted by Gasteiger charge is 2.20. The maximum atomic E-state index is 11.5. The number of benzene rings is 2. The van der Waals surface area contributed by atoms with Crippen molar-refractivity contribution in [3.05, 3.63) is 71.9 Å². The Morgan fingerprint density at radius 3 is 2.28 bits per heavy atom. The Kier molecular flexibility index (Phi) is 4.20. The first-order chi connectivity index (χ1) is 11.8. The summed E-state index contributed by atoms with van der Waals surface area (Å²) >= 11 is 0. The molecule has 128 valence electrons. The molecule has 2 aromatic carbocycles. The van der Waals surface area contributed by atoms with Gasteiger partial charge < -0.3 is 9.67 Å². The predicted molar refractivity (Wildman–Crippen MR) is 92.7 cm³/mol. The second-order valence-electron chi connectivity index (χ2n) is 5.51. The standard InChI is InChI=1S/C18H15NO5S/c1-12-16(18(20)21)11-17(13-6-3-2-4-7-13)19(12)14-8-5-9-15(10-14)25(22,23)24/h2-11H,1H3,(H,20,21)(H,22,23,24). The minimum absolute atomic E-state index is 0.121. The van der Waals surface area contributed by atoms with Gasteiger partial charge in [-0.25, -0.2) is 4.79 Å². The van der Waals surface area contributed by atoms with Crippen molar-refractivity contribution < 1.29 is 22.9 Å². The van der Waals surface area contributed by atoms with Crippen molar-refractivity contribution in [2.24, 2.45) is 0 Å². The summed E-state index contributed by atoms with van der Waals surface area (Å²) in [6.45, 7) is 1.65. The molecule has 0 saturated carbocycles. The monoisotopic (exact) mass is 357 g/mol. The molecule has 0 aliphatic carbocycles. The molecule has 0 aliphatic rings. The Bertz CT molecular complexity index is 1050. The Balaban J connectivity index is 2.31. The summed E-state index contributed by atoms with van der Waals surface area (Å²) in [5.41, 5.74) is 2.42. The fourth-order valence-corrected chi connectivity index (χ4v) is 3.28. The number of carboxylic acid groups (broad SMARTS) is 1. The first-order valence-electron chi connectivity index (χ1n) is 7.38. The van der Waals surface area contributed by atoms with Gasteiger partial charge in [0.05, 0.1) is 16.2 Å². The lowest BCUT2D eigenvalue weighted by atomic mass is 10.1. The maximum Gasteiger partial charge on any atom is 0.337 e. The quantitative estimate of drug-likeness (QED) is 0.698. The normalized spacial score (nSPS) is 11.4. The molecule has 0 aliphatic heterocycles. The van der Waals surface area contributed by atoms with Gasteiger partial charge in [-0.2, -0.15) is 8.42 Å². The summed E-state index contributed by atoms with van der Waals surface area (Å²) in [5, 5.41) is 9.43. The van der Waals surface area contributed by atoms with E-state index in [4.69, 9.17) is 0 Å². The van der Waals surface area contributed by atoms with Gasteiger partial charge >= 0.3 is 5.97 Å². The van der Waals surface area contributed by atoms with Gasteiger partial charge in [-0.3, -0.25) is 4.55 Å². The van der Waals surface area contributed by atoms with Crippen LogP contribution in [0.3, 0.4) is 0 Å². The van der Waals surface area contributed by atoms with Crippen molar-refractivity contribution in [3.8, 4) is 16.9 Å². The minimum Gasteiger partial charge on any atom is -0.478 e. The largest absolute Gasteiger partial charge is 0.478 e. The summed E-state index contributed by atoms with van der Waals surface area (Å²) in [7, 11) is -4.36. The molecule has 0 radical (unpaired) electrons. The molecule has 2 N–H and O–H groups in total. The summed E-state index contributed by atoms with van der Waals surface area (Å²) in [4.78, 5) is 11.3. The van der Waals surface area contributed by atoms with Gasteiger partial charge in [0.25, 0.3) is 10.1 Å². The number of aromatic carboxylic acids is 1. The summed E-state index contributed by atoms with van der Waals surface area (Å²) in [6, 6.07) is 16.5. The van der Waals surface area contributed by atoms with E-state index in [2.05, 4.69) is 0 Å². The van der Waals surface area contributed by atoms with E-state index in [-0.39, 0.29) is 10.5 Å². The van der Waals surface area contributed by atoms with Crippen molar-refractivity contribution in [2.75, 3.05) is 0 Å². The van der Waals surface area contributed by atoms with Crippen LogP contribution in [0, 0.1) is 6.92 Å².